The Labute approximate surface area is 95.6 Å². The van der Waals surface area contributed by atoms with E-state index in [0.717, 1.165) is 19.3 Å². The summed E-state index contributed by atoms with van der Waals surface area (Å²) in [5.74, 6) is -0.119. The zero-order chi connectivity index (χ0) is 11.6. The van der Waals surface area contributed by atoms with E-state index >= 15 is 0 Å². The summed E-state index contributed by atoms with van der Waals surface area (Å²) in [6.45, 7) is 0. The number of nitrogens with one attached hydrogen (secondary N) is 1. The minimum Gasteiger partial charge on any atom is -0.393 e. The van der Waals surface area contributed by atoms with Crippen molar-refractivity contribution >= 4 is 5.91 Å². The van der Waals surface area contributed by atoms with Crippen molar-refractivity contribution in [3.63, 3.8) is 0 Å². The van der Waals surface area contributed by atoms with E-state index in [1.54, 1.807) is 0 Å². The van der Waals surface area contributed by atoms with Gasteiger partial charge in [0, 0.05) is 6.04 Å². The number of carbonyl (C=O) groups excluding carboxylic acids is 1. The molecule has 0 aromatic heterocycles. The highest BCUT2D eigenvalue weighted by Gasteiger charge is 2.41. The Morgan fingerprint density at radius 1 is 1.31 bits per heavy atom. The zero-order valence-electron chi connectivity index (χ0n) is 9.41. The second-order valence-electron chi connectivity index (χ2n) is 5.05. The van der Waals surface area contributed by atoms with Gasteiger partial charge in [0.1, 0.15) is 5.41 Å². The molecule has 0 aliphatic heterocycles. The number of aliphatic hydroxyl groups excluding tert-OH is 1. The molecule has 4 heteroatoms. The molecule has 0 bridgehead atoms. The highest BCUT2D eigenvalue weighted by molar-refractivity contribution is 5.85. The van der Waals surface area contributed by atoms with Crippen LogP contribution in [0.5, 0.6) is 0 Å². The van der Waals surface area contributed by atoms with Gasteiger partial charge < -0.3 is 10.4 Å². The molecule has 2 aliphatic rings. The number of amides is 1. The van der Waals surface area contributed by atoms with Crippen LogP contribution in [0.4, 0.5) is 0 Å². The van der Waals surface area contributed by atoms with Gasteiger partial charge in [-0.1, -0.05) is 19.3 Å². The van der Waals surface area contributed by atoms with Gasteiger partial charge in [-0.25, -0.2) is 0 Å². The monoisotopic (exact) mass is 222 g/mol. The number of nitrogens with zero attached hydrogens (tertiary/aromatic N) is 1. The lowest BCUT2D eigenvalue weighted by atomic mass is 9.74. The van der Waals surface area contributed by atoms with Crippen molar-refractivity contribution in [1.82, 2.24) is 5.32 Å². The van der Waals surface area contributed by atoms with E-state index in [4.69, 9.17) is 5.11 Å². The quantitative estimate of drug-likeness (QED) is 0.734. The Kier molecular flexibility index (Phi) is 3.15. The fourth-order valence-corrected chi connectivity index (χ4v) is 2.57. The lowest BCUT2D eigenvalue weighted by Gasteiger charge is -2.36. The molecular weight excluding hydrogens is 204 g/mol. The third-order valence-corrected chi connectivity index (χ3v) is 3.80. The molecule has 0 aromatic carbocycles. The van der Waals surface area contributed by atoms with Crippen molar-refractivity contribution in [2.45, 2.75) is 57.1 Å². The number of aliphatic hydroxyl groups is 1. The lowest BCUT2D eigenvalue weighted by Crippen LogP contribution is -2.52. The van der Waals surface area contributed by atoms with Crippen LogP contribution in [0, 0.1) is 16.7 Å². The van der Waals surface area contributed by atoms with Crippen LogP contribution in [0.2, 0.25) is 0 Å². The van der Waals surface area contributed by atoms with E-state index in [1.807, 2.05) is 0 Å². The van der Waals surface area contributed by atoms with Crippen LogP contribution in [-0.2, 0) is 4.79 Å². The van der Waals surface area contributed by atoms with Gasteiger partial charge in [-0.3, -0.25) is 4.79 Å². The minimum atomic E-state index is -0.793. The Bertz CT molecular complexity index is 309. The zero-order valence-corrected chi connectivity index (χ0v) is 9.41. The minimum absolute atomic E-state index is 0.0784. The molecule has 2 aliphatic carbocycles. The molecule has 0 radical (unpaired) electrons. The normalized spacial score (nSPS) is 32.2. The molecule has 2 saturated carbocycles. The molecule has 0 spiro atoms. The lowest BCUT2D eigenvalue weighted by molar-refractivity contribution is -0.131. The van der Waals surface area contributed by atoms with Gasteiger partial charge in [0.2, 0.25) is 5.91 Å². The molecule has 0 aromatic rings. The molecular formula is C12H18N2O2. The van der Waals surface area contributed by atoms with Gasteiger partial charge >= 0.3 is 0 Å². The number of hydrogen-bond donors (Lipinski definition) is 2. The third-order valence-electron chi connectivity index (χ3n) is 3.80. The van der Waals surface area contributed by atoms with E-state index in [-0.39, 0.29) is 18.1 Å². The standard InChI is InChI=1S/C12H18N2O2/c13-8-12(4-2-1-3-5-12)11(16)14-9-6-10(15)7-9/h9-10,15H,1-7H2,(H,14,16). The fraction of sp³-hybridized carbons (Fsp3) is 0.833. The van der Waals surface area contributed by atoms with Crippen LogP contribution in [0.1, 0.15) is 44.9 Å². The van der Waals surface area contributed by atoms with E-state index in [9.17, 15) is 10.1 Å². The molecule has 4 nitrogen and oxygen atoms in total. The fourth-order valence-electron chi connectivity index (χ4n) is 2.57. The first-order chi connectivity index (χ1) is 7.66. The van der Waals surface area contributed by atoms with Crippen LogP contribution >= 0.6 is 0 Å². The van der Waals surface area contributed by atoms with Crippen molar-refractivity contribution in [3.8, 4) is 6.07 Å². The van der Waals surface area contributed by atoms with Crippen molar-refractivity contribution in [3.05, 3.63) is 0 Å². The van der Waals surface area contributed by atoms with Crippen molar-refractivity contribution < 1.29 is 9.90 Å². The average Bonchev–Trinajstić information content (AvgIpc) is 2.28. The molecule has 0 unspecified atom stereocenters. The summed E-state index contributed by atoms with van der Waals surface area (Å²) in [6, 6.07) is 2.29. The van der Waals surface area contributed by atoms with E-state index in [2.05, 4.69) is 11.4 Å². The summed E-state index contributed by atoms with van der Waals surface area (Å²) in [7, 11) is 0. The van der Waals surface area contributed by atoms with Crippen LogP contribution in [0.25, 0.3) is 0 Å². The summed E-state index contributed by atoms with van der Waals surface area (Å²) in [4.78, 5) is 12.0. The highest BCUT2D eigenvalue weighted by Crippen LogP contribution is 2.36. The molecule has 2 fully saturated rings. The van der Waals surface area contributed by atoms with Crippen LogP contribution in [-0.4, -0.2) is 23.2 Å². The molecule has 0 heterocycles. The third kappa shape index (κ3) is 2.05. The number of rotatable bonds is 2. The molecule has 88 valence electrons. The highest BCUT2D eigenvalue weighted by atomic mass is 16.3. The van der Waals surface area contributed by atoms with Crippen molar-refractivity contribution in [2.75, 3.05) is 0 Å². The largest absolute Gasteiger partial charge is 0.393 e. The second-order valence-corrected chi connectivity index (χ2v) is 5.05. The predicted octanol–water partition coefficient (Wildman–Crippen LogP) is 1.10. The van der Waals surface area contributed by atoms with Gasteiger partial charge in [0.25, 0.3) is 0 Å². The summed E-state index contributed by atoms with van der Waals surface area (Å²) < 4.78 is 0. The predicted molar refractivity (Wildman–Crippen MR) is 58.3 cm³/mol. The molecule has 1 amide bonds. The SMILES string of the molecule is N#CC1(C(=O)NC2CC(O)C2)CCCCC1. The van der Waals surface area contributed by atoms with E-state index < -0.39 is 5.41 Å². The molecule has 0 atom stereocenters. The van der Waals surface area contributed by atoms with Gasteiger partial charge in [-0.15, -0.1) is 0 Å². The topological polar surface area (TPSA) is 73.1 Å². The first-order valence-corrected chi connectivity index (χ1v) is 6.06. The number of nitriles is 1. The van der Waals surface area contributed by atoms with Gasteiger partial charge in [0.05, 0.1) is 12.2 Å². The van der Waals surface area contributed by atoms with Crippen LogP contribution in [0.3, 0.4) is 0 Å². The average molecular weight is 222 g/mol. The Morgan fingerprint density at radius 3 is 2.44 bits per heavy atom. The Hall–Kier alpha value is -1.08. The Morgan fingerprint density at radius 2 is 1.94 bits per heavy atom. The maximum atomic E-state index is 12.0. The van der Waals surface area contributed by atoms with E-state index in [0.29, 0.717) is 25.7 Å². The Balaban J connectivity index is 1.93. The van der Waals surface area contributed by atoms with Crippen LogP contribution < -0.4 is 5.32 Å². The maximum absolute atomic E-state index is 12.0. The molecule has 2 rings (SSSR count). The number of hydrogen-bond acceptors (Lipinski definition) is 3. The molecule has 0 saturated heterocycles. The second kappa shape index (κ2) is 4.42. The van der Waals surface area contributed by atoms with Gasteiger partial charge in [-0.05, 0) is 25.7 Å². The summed E-state index contributed by atoms with van der Waals surface area (Å²) in [5, 5.41) is 21.2. The van der Waals surface area contributed by atoms with E-state index in [1.165, 1.54) is 0 Å². The van der Waals surface area contributed by atoms with Crippen LogP contribution in [0.15, 0.2) is 0 Å². The maximum Gasteiger partial charge on any atom is 0.240 e. The van der Waals surface area contributed by atoms with Gasteiger partial charge in [0.15, 0.2) is 0 Å². The van der Waals surface area contributed by atoms with Crippen molar-refractivity contribution in [1.29, 1.82) is 5.26 Å². The summed E-state index contributed by atoms with van der Waals surface area (Å²) in [6.07, 6.45) is 5.42. The first-order valence-electron chi connectivity index (χ1n) is 6.06. The first kappa shape index (κ1) is 11.4. The molecule has 2 N–H and O–H groups in total. The van der Waals surface area contributed by atoms with Gasteiger partial charge in [-0.2, -0.15) is 5.26 Å². The number of carbonyl (C=O) groups is 1. The van der Waals surface area contributed by atoms with Crippen molar-refractivity contribution in [2.24, 2.45) is 5.41 Å². The molecule has 16 heavy (non-hydrogen) atoms. The smallest absolute Gasteiger partial charge is 0.240 e. The summed E-state index contributed by atoms with van der Waals surface area (Å²) >= 11 is 0. The summed E-state index contributed by atoms with van der Waals surface area (Å²) in [5.41, 5.74) is -0.793.